The van der Waals surface area contributed by atoms with Gasteiger partial charge in [-0.3, -0.25) is 4.79 Å². The molecule has 3 aromatic rings. The molecule has 31 heavy (non-hydrogen) atoms. The van der Waals surface area contributed by atoms with Crippen LogP contribution >= 0.6 is 34.9 Å². The molecule has 10 heteroatoms. The Balaban J connectivity index is 1.45. The Kier molecular flexibility index (Phi) is 8.74. The Morgan fingerprint density at radius 2 is 1.84 bits per heavy atom. The van der Waals surface area contributed by atoms with Crippen molar-refractivity contribution in [2.75, 3.05) is 20.0 Å². The minimum Gasteiger partial charge on any atom is -0.497 e. The third kappa shape index (κ3) is 7.27. The molecule has 7 nitrogen and oxygen atoms in total. The summed E-state index contributed by atoms with van der Waals surface area (Å²) in [4.78, 5) is 12.1. The molecular weight excluding hydrogens is 452 g/mol. The second kappa shape index (κ2) is 11.7. The molecule has 0 atom stereocenters. The summed E-state index contributed by atoms with van der Waals surface area (Å²) in [6.07, 6.45) is 1.52. The molecule has 0 saturated carbocycles. The first-order valence-electron chi connectivity index (χ1n) is 9.26. The molecule has 1 N–H and O–H groups in total. The maximum atomic E-state index is 12.1. The van der Waals surface area contributed by atoms with E-state index in [1.165, 1.54) is 40.4 Å². The van der Waals surface area contributed by atoms with Gasteiger partial charge in [0.25, 0.3) is 5.91 Å². The van der Waals surface area contributed by atoms with Crippen LogP contribution in [0.3, 0.4) is 0 Å². The highest BCUT2D eigenvalue weighted by Crippen LogP contribution is 2.30. The average Bonchev–Trinajstić information content (AvgIpc) is 3.25. The zero-order valence-corrected chi connectivity index (χ0v) is 19.8. The highest BCUT2D eigenvalue weighted by Gasteiger charge is 2.09. The van der Waals surface area contributed by atoms with Gasteiger partial charge in [0.15, 0.2) is 8.68 Å². The van der Waals surface area contributed by atoms with Crippen molar-refractivity contribution in [3.63, 3.8) is 0 Å². The van der Waals surface area contributed by atoms with Gasteiger partial charge in [-0.1, -0.05) is 64.7 Å². The normalized spacial score (nSPS) is 10.9. The van der Waals surface area contributed by atoms with Gasteiger partial charge >= 0.3 is 0 Å². The number of nitrogens with one attached hydrogen (secondary N) is 1. The molecule has 1 amide bonds. The SMILES string of the molecule is COc1ccc(OC)c(/C=N/NC(=O)CSc2nnc(SCc3ccc(C)cc3)s2)c1. The molecule has 0 radical (unpaired) electrons. The van der Waals surface area contributed by atoms with Crippen molar-refractivity contribution in [2.24, 2.45) is 5.10 Å². The Bertz CT molecular complexity index is 1040. The Morgan fingerprint density at radius 1 is 1.10 bits per heavy atom. The fourth-order valence-corrected chi connectivity index (χ4v) is 5.19. The van der Waals surface area contributed by atoms with Gasteiger partial charge in [0.1, 0.15) is 11.5 Å². The van der Waals surface area contributed by atoms with Crippen LogP contribution in [0.25, 0.3) is 0 Å². The molecule has 0 fully saturated rings. The van der Waals surface area contributed by atoms with Crippen molar-refractivity contribution in [1.82, 2.24) is 15.6 Å². The summed E-state index contributed by atoms with van der Waals surface area (Å²) >= 11 is 4.45. The van der Waals surface area contributed by atoms with Gasteiger partial charge < -0.3 is 9.47 Å². The molecule has 1 aromatic heterocycles. The number of aromatic nitrogens is 2. The summed E-state index contributed by atoms with van der Waals surface area (Å²) in [6.45, 7) is 2.07. The van der Waals surface area contributed by atoms with Crippen molar-refractivity contribution in [3.05, 3.63) is 59.2 Å². The molecule has 0 bridgehead atoms. The second-order valence-corrected chi connectivity index (χ2v) is 9.72. The first-order valence-corrected chi connectivity index (χ1v) is 12.0. The monoisotopic (exact) mass is 474 g/mol. The largest absolute Gasteiger partial charge is 0.497 e. The van der Waals surface area contributed by atoms with Crippen molar-refractivity contribution < 1.29 is 14.3 Å². The predicted octanol–water partition coefficient (Wildman–Crippen LogP) is 4.40. The van der Waals surface area contributed by atoms with Gasteiger partial charge in [-0.15, -0.1) is 10.2 Å². The number of amides is 1. The smallest absolute Gasteiger partial charge is 0.250 e. The number of nitrogens with zero attached hydrogens (tertiary/aromatic N) is 3. The number of ether oxygens (including phenoxy) is 2. The molecule has 0 unspecified atom stereocenters. The van der Waals surface area contributed by atoms with Gasteiger partial charge in [0, 0.05) is 11.3 Å². The zero-order chi connectivity index (χ0) is 22.1. The minimum absolute atomic E-state index is 0.198. The minimum atomic E-state index is -0.229. The van der Waals surface area contributed by atoms with Crippen LogP contribution in [0.1, 0.15) is 16.7 Å². The molecule has 0 aliphatic carbocycles. The van der Waals surface area contributed by atoms with Gasteiger partial charge in [-0.2, -0.15) is 5.10 Å². The topological polar surface area (TPSA) is 85.7 Å². The van der Waals surface area contributed by atoms with E-state index >= 15 is 0 Å². The van der Waals surface area contributed by atoms with Crippen LogP contribution < -0.4 is 14.9 Å². The lowest BCUT2D eigenvalue weighted by Gasteiger charge is -2.06. The molecule has 0 aliphatic rings. The van der Waals surface area contributed by atoms with Crippen LogP contribution in [-0.2, 0) is 10.5 Å². The van der Waals surface area contributed by atoms with Gasteiger partial charge in [0.05, 0.1) is 26.2 Å². The highest BCUT2D eigenvalue weighted by molar-refractivity contribution is 8.03. The molecule has 1 heterocycles. The number of rotatable bonds is 10. The molecule has 0 saturated heterocycles. The van der Waals surface area contributed by atoms with E-state index < -0.39 is 0 Å². The van der Waals surface area contributed by atoms with Gasteiger partial charge in [-0.05, 0) is 30.7 Å². The molecule has 0 aliphatic heterocycles. The Morgan fingerprint density at radius 3 is 2.55 bits per heavy atom. The summed E-state index contributed by atoms with van der Waals surface area (Å²) < 4.78 is 12.1. The lowest BCUT2D eigenvalue weighted by atomic mass is 10.2. The van der Waals surface area contributed by atoms with E-state index in [2.05, 4.69) is 51.9 Å². The third-order valence-corrected chi connectivity index (χ3v) is 7.29. The number of hydrogen-bond donors (Lipinski definition) is 1. The highest BCUT2D eigenvalue weighted by atomic mass is 32.2. The predicted molar refractivity (Wildman–Crippen MR) is 127 cm³/mol. The Hall–Kier alpha value is -2.56. The summed E-state index contributed by atoms with van der Waals surface area (Å²) in [5.74, 6) is 2.12. The summed E-state index contributed by atoms with van der Waals surface area (Å²) in [6, 6.07) is 13.8. The van der Waals surface area contributed by atoms with E-state index in [1.807, 2.05) is 0 Å². The molecule has 3 rings (SSSR count). The van der Waals surface area contributed by atoms with E-state index in [9.17, 15) is 4.79 Å². The number of carbonyl (C=O) groups is 1. The number of hydrogen-bond acceptors (Lipinski definition) is 9. The van der Waals surface area contributed by atoms with Crippen molar-refractivity contribution in [2.45, 2.75) is 21.4 Å². The maximum absolute atomic E-state index is 12.1. The quantitative estimate of drug-likeness (QED) is 0.265. The summed E-state index contributed by atoms with van der Waals surface area (Å²) in [5, 5.41) is 12.3. The molecule has 0 spiro atoms. The van der Waals surface area contributed by atoms with Crippen molar-refractivity contribution >= 4 is 47.0 Å². The van der Waals surface area contributed by atoms with Crippen LogP contribution in [0.4, 0.5) is 0 Å². The fraction of sp³-hybridized carbons (Fsp3) is 0.238. The Labute approximate surface area is 193 Å². The summed E-state index contributed by atoms with van der Waals surface area (Å²) in [5.41, 5.74) is 5.70. The summed E-state index contributed by atoms with van der Waals surface area (Å²) in [7, 11) is 3.16. The first kappa shape index (κ1) is 23.1. The van der Waals surface area contributed by atoms with E-state index in [-0.39, 0.29) is 11.7 Å². The van der Waals surface area contributed by atoms with Gasteiger partial charge in [0.2, 0.25) is 0 Å². The lowest BCUT2D eigenvalue weighted by molar-refractivity contribution is -0.118. The molecule has 2 aromatic carbocycles. The number of thioether (sulfide) groups is 2. The standard InChI is InChI=1S/C21H22N4O3S3/c1-14-4-6-15(7-5-14)12-29-20-24-25-21(31-20)30-13-19(26)23-22-11-16-10-17(27-2)8-9-18(16)28-3/h4-11H,12-13H2,1-3H3,(H,23,26)/b22-11+. The van der Waals surface area contributed by atoms with Crippen LogP contribution in [0.5, 0.6) is 11.5 Å². The first-order chi connectivity index (χ1) is 15.1. The van der Waals surface area contributed by atoms with Crippen LogP contribution in [0.2, 0.25) is 0 Å². The molecular formula is C21H22N4O3S3. The fourth-order valence-electron chi connectivity index (χ4n) is 2.42. The van der Waals surface area contributed by atoms with E-state index in [0.29, 0.717) is 17.1 Å². The van der Waals surface area contributed by atoms with Crippen LogP contribution in [0, 0.1) is 6.92 Å². The maximum Gasteiger partial charge on any atom is 0.250 e. The lowest BCUT2D eigenvalue weighted by Crippen LogP contribution is -2.19. The van der Waals surface area contributed by atoms with Crippen molar-refractivity contribution in [1.29, 1.82) is 0 Å². The van der Waals surface area contributed by atoms with E-state index in [4.69, 9.17) is 9.47 Å². The zero-order valence-electron chi connectivity index (χ0n) is 17.3. The van der Waals surface area contributed by atoms with Crippen molar-refractivity contribution in [3.8, 4) is 11.5 Å². The van der Waals surface area contributed by atoms with Crippen LogP contribution in [0.15, 0.2) is 56.2 Å². The van der Waals surface area contributed by atoms with E-state index in [1.54, 1.807) is 44.2 Å². The number of benzene rings is 2. The van der Waals surface area contributed by atoms with Crippen LogP contribution in [-0.4, -0.2) is 42.3 Å². The number of hydrazone groups is 1. The number of carbonyl (C=O) groups excluding carboxylic acids is 1. The number of aryl methyl sites for hydroxylation is 1. The van der Waals surface area contributed by atoms with E-state index in [0.717, 1.165) is 14.4 Å². The molecule has 162 valence electrons. The average molecular weight is 475 g/mol. The van der Waals surface area contributed by atoms with Gasteiger partial charge in [-0.25, -0.2) is 5.43 Å². The third-order valence-electron chi connectivity index (χ3n) is 4.03. The second-order valence-electron chi connectivity index (χ2n) is 6.30. The number of methoxy groups -OCH3 is 2.